The van der Waals surface area contributed by atoms with Crippen molar-refractivity contribution in [1.82, 2.24) is 25.1 Å². The number of nitrogens with zero attached hydrogens (tertiary/aromatic N) is 4. The highest BCUT2D eigenvalue weighted by Crippen LogP contribution is 2.28. The first-order valence-electron chi connectivity index (χ1n) is 8.83. The lowest BCUT2D eigenvalue weighted by Crippen LogP contribution is -2.00. The zero-order valence-corrected chi connectivity index (χ0v) is 14.9. The normalized spacial score (nSPS) is 15.2. The average Bonchev–Trinajstić information content (AvgIpc) is 3.30. The van der Waals surface area contributed by atoms with Gasteiger partial charge in [0.2, 0.25) is 5.16 Å². The summed E-state index contributed by atoms with van der Waals surface area (Å²) < 4.78 is 0. The number of para-hydroxylation sites is 1. The van der Waals surface area contributed by atoms with Crippen LogP contribution in [0.5, 0.6) is 0 Å². The first-order valence-corrected chi connectivity index (χ1v) is 9.82. The van der Waals surface area contributed by atoms with Crippen LogP contribution in [0.15, 0.2) is 29.4 Å². The van der Waals surface area contributed by atoms with E-state index < -0.39 is 0 Å². The molecule has 4 rings (SSSR count). The molecule has 7 heteroatoms. The number of nitrogen functional groups attached to an aromatic ring is 1. The van der Waals surface area contributed by atoms with Gasteiger partial charge in [0.05, 0.1) is 11.3 Å². The molecule has 1 fully saturated rings. The van der Waals surface area contributed by atoms with Crippen LogP contribution in [0, 0.1) is 5.92 Å². The second-order valence-corrected chi connectivity index (χ2v) is 7.53. The van der Waals surface area contributed by atoms with Crippen molar-refractivity contribution in [3.63, 3.8) is 0 Å². The molecular weight excluding hydrogens is 332 g/mol. The van der Waals surface area contributed by atoms with Gasteiger partial charge in [0.25, 0.3) is 0 Å². The molecule has 0 bridgehead atoms. The summed E-state index contributed by atoms with van der Waals surface area (Å²) in [5.41, 5.74) is 6.90. The quantitative estimate of drug-likeness (QED) is 0.655. The van der Waals surface area contributed by atoms with Gasteiger partial charge in [-0.25, -0.2) is 15.0 Å². The van der Waals surface area contributed by atoms with Crippen molar-refractivity contribution in [3.8, 4) is 0 Å². The summed E-state index contributed by atoms with van der Waals surface area (Å²) in [7, 11) is 0. The molecule has 0 saturated heterocycles. The molecule has 0 unspecified atom stereocenters. The lowest BCUT2D eigenvalue weighted by atomic mass is 10.0. The Hall–Kier alpha value is -2.15. The summed E-state index contributed by atoms with van der Waals surface area (Å²) in [6, 6.07) is 7.79. The summed E-state index contributed by atoms with van der Waals surface area (Å²) in [5.74, 6) is 3.69. The van der Waals surface area contributed by atoms with E-state index in [-0.39, 0.29) is 0 Å². The summed E-state index contributed by atoms with van der Waals surface area (Å²) in [6.07, 6.45) is 7.71. The van der Waals surface area contributed by atoms with Crippen molar-refractivity contribution in [2.45, 2.75) is 49.4 Å². The Morgan fingerprint density at radius 2 is 1.96 bits per heavy atom. The highest BCUT2D eigenvalue weighted by Gasteiger charge is 2.16. The maximum Gasteiger partial charge on any atom is 0.208 e. The zero-order valence-electron chi connectivity index (χ0n) is 14.1. The number of hydrogen-bond acceptors (Lipinski definition) is 6. The number of aromatic amines is 1. The van der Waals surface area contributed by atoms with Gasteiger partial charge in [0.1, 0.15) is 17.5 Å². The Bertz CT molecular complexity index is 856. The zero-order chi connectivity index (χ0) is 17.1. The van der Waals surface area contributed by atoms with Crippen LogP contribution in [0.1, 0.15) is 43.8 Å². The average molecular weight is 354 g/mol. The van der Waals surface area contributed by atoms with Crippen LogP contribution >= 0.6 is 11.8 Å². The van der Waals surface area contributed by atoms with Crippen molar-refractivity contribution in [2.75, 3.05) is 5.73 Å². The van der Waals surface area contributed by atoms with Gasteiger partial charge in [-0.3, -0.25) is 5.10 Å². The van der Waals surface area contributed by atoms with E-state index in [1.807, 2.05) is 24.3 Å². The van der Waals surface area contributed by atoms with E-state index in [0.29, 0.717) is 17.4 Å². The molecule has 1 aromatic carbocycles. The van der Waals surface area contributed by atoms with Gasteiger partial charge in [-0.1, -0.05) is 49.6 Å². The molecule has 0 atom stereocenters. The van der Waals surface area contributed by atoms with Crippen LogP contribution in [-0.4, -0.2) is 25.1 Å². The monoisotopic (exact) mass is 354 g/mol. The Balaban J connectivity index is 1.36. The number of fused-ring (bicyclic) bond motifs is 1. The molecule has 2 aromatic heterocycles. The fourth-order valence-corrected chi connectivity index (χ4v) is 4.11. The van der Waals surface area contributed by atoms with Gasteiger partial charge in [0, 0.05) is 11.8 Å². The van der Waals surface area contributed by atoms with E-state index in [2.05, 4.69) is 25.1 Å². The number of benzene rings is 1. The highest BCUT2D eigenvalue weighted by atomic mass is 32.2. The summed E-state index contributed by atoms with van der Waals surface area (Å²) in [5, 5.41) is 9.00. The molecule has 25 heavy (non-hydrogen) atoms. The van der Waals surface area contributed by atoms with Gasteiger partial charge < -0.3 is 5.73 Å². The number of thioether (sulfide) groups is 1. The third-order valence-corrected chi connectivity index (χ3v) is 5.63. The molecule has 2 heterocycles. The Morgan fingerprint density at radius 1 is 1.12 bits per heavy atom. The maximum absolute atomic E-state index is 6.03. The van der Waals surface area contributed by atoms with Crippen molar-refractivity contribution in [2.24, 2.45) is 5.92 Å². The van der Waals surface area contributed by atoms with Crippen LogP contribution in [-0.2, 0) is 12.2 Å². The van der Waals surface area contributed by atoms with Crippen LogP contribution < -0.4 is 5.73 Å². The Labute approximate surface area is 151 Å². The fourth-order valence-electron chi connectivity index (χ4n) is 3.44. The molecule has 1 aliphatic rings. The molecule has 0 radical (unpaired) electrons. The maximum atomic E-state index is 6.03. The van der Waals surface area contributed by atoms with E-state index in [1.165, 1.54) is 43.9 Å². The summed E-state index contributed by atoms with van der Waals surface area (Å²) >= 11 is 1.54. The molecule has 0 spiro atoms. The largest absolute Gasteiger partial charge is 0.383 e. The van der Waals surface area contributed by atoms with E-state index in [9.17, 15) is 0 Å². The fraction of sp³-hybridized carbons (Fsp3) is 0.444. The highest BCUT2D eigenvalue weighted by molar-refractivity contribution is 7.98. The Morgan fingerprint density at radius 3 is 2.84 bits per heavy atom. The minimum atomic E-state index is 0.522. The number of nitrogens with two attached hydrogens (primary N) is 1. The standard InChI is InChI=1S/C18H22N6S/c19-17-13-7-3-4-8-14(13)20-16(21-17)11-25-18-22-15(23-24-18)10-9-12-5-1-2-6-12/h3-4,7-8,12H,1-2,5-6,9-11H2,(H2,19,20,21)(H,22,23,24). The SMILES string of the molecule is Nc1nc(CSc2n[nH]c(CCC3CCCC3)n2)nc2ccccc12. The van der Waals surface area contributed by atoms with Crippen LogP contribution in [0.2, 0.25) is 0 Å². The third kappa shape index (κ3) is 3.92. The van der Waals surface area contributed by atoms with Gasteiger partial charge in [-0.15, -0.1) is 5.10 Å². The number of nitrogens with one attached hydrogen (secondary N) is 1. The van der Waals surface area contributed by atoms with E-state index >= 15 is 0 Å². The van der Waals surface area contributed by atoms with Gasteiger partial charge in [-0.05, 0) is 24.5 Å². The molecule has 130 valence electrons. The summed E-state index contributed by atoms with van der Waals surface area (Å²) in [6.45, 7) is 0. The Kier molecular flexibility index (Phi) is 4.83. The van der Waals surface area contributed by atoms with Crippen molar-refractivity contribution < 1.29 is 0 Å². The molecule has 3 aromatic rings. The number of aryl methyl sites for hydroxylation is 1. The molecule has 1 aliphatic carbocycles. The second kappa shape index (κ2) is 7.39. The molecule has 3 N–H and O–H groups in total. The molecule has 1 saturated carbocycles. The number of rotatable bonds is 6. The first-order chi connectivity index (χ1) is 12.3. The number of H-pyrrole nitrogens is 1. The molecular formula is C18H22N6S. The minimum Gasteiger partial charge on any atom is -0.383 e. The number of hydrogen-bond donors (Lipinski definition) is 2. The predicted molar refractivity (Wildman–Crippen MR) is 100 cm³/mol. The third-order valence-electron chi connectivity index (χ3n) is 4.78. The van der Waals surface area contributed by atoms with Crippen LogP contribution in [0.4, 0.5) is 5.82 Å². The van der Waals surface area contributed by atoms with Crippen LogP contribution in [0.3, 0.4) is 0 Å². The lowest BCUT2D eigenvalue weighted by molar-refractivity contribution is 0.497. The van der Waals surface area contributed by atoms with Gasteiger partial charge in [0.15, 0.2) is 0 Å². The topological polar surface area (TPSA) is 93.4 Å². The molecule has 0 aliphatic heterocycles. The molecule has 6 nitrogen and oxygen atoms in total. The summed E-state index contributed by atoms with van der Waals surface area (Å²) in [4.78, 5) is 13.5. The van der Waals surface area contributed by atoms with Crippen LogP contribution in [0.25, 0.3) is 10.9 Å². The second-order valence-electron chi connectivity index (χ2n) is 6.58. The van der Waals surface area contributed by atoms with E-state index in [0.717, 1.165) is 34.2 Å². The van der Waals surface area contributed by atoms with Crippen molar-refractivity contribution >= 4 is 28.5 Å². The van der Waals surface area contributed by atoms with Crippen molar-refractivity contribution in [3.05, 3.63) is 35.9 Å². The number of aromatic nitrogens is 5. The van der Waals surface area contributed by atoms with Gasteiger partial charge in [-0.2, -0.15) is 0 Å². The minimum absolute atomic E-state index is 0.522. The van der Waals surface area contributed by atoms with E-state index in [4.69, 9.17) is 5.73 Å². The lowest BCUT2D eigenvalue weighted by Gasteiger charge is -2.05. The van der Waals surface area contributed by atoms with E-state index in [1.54, 1.807) is 0 Å². The smallest absolute Gasteiger partial charge is 0.208 e. The van der Waals surface area contributed by atoms with Crippen molar-refractivity contribution in [1.29, 1.82) is 0 Å². The first kappa shape index (κ1) is 16.3. The molecule has 0 amide bonds. The van der Waals surface area contributed by atoms with Gasteiger partial charge >= 0.3 is 0 Å². The predicted octanol–water partition coefficient (Wildman–Crippen LogP) is 3.75. The number of anilines is 1.